The minimum atomic E-state index is -0.386. The number of nitrogens with zero attached hydrogens (tertiary/aromatic N) is 1. The molecule has 0 bridgehead atoms. The maximum atomic E-state index is 13.5. The van der Waals surface area contributed by atoms with Gasteiger partial charge in [0, 0.05) is 23.6 Å². The lowest BCUT2D eigenvalue weighted by Crippen LogP contribution is -2.02. The fourth-order valence-corrected chi connectivity index (χ4v) is 2.28. The molecular weight excluding hydrogens is 335 g/mol. The van der Waals surface area contributed by atoms with E-state index in [0.29, 0.717) is 22.6 Å². The van der Waals surface area contributed by atoms with E-state index >= 15 is 0 Å². The summed E-state index contributed by atoms with van der Waals surface area (Å²) in [5, 5.41) is 0.993. The van der Waals surface area contributed by atoms with E-state index in [1.54, 1.807) is 12.1 Å². The first-order valence-corrected chi connectivity index (χ1v) is 7.18. The van der Waals surface area contributed by atoms with Crippen molar-refractivity contribution in [2.45, 2.75) is 6.54 Å². The maximum Gasteiger partial charge on any atom is 0.224 e. The van der Waals surface area contributed by atoms with Crippen molar-refractivity contribution >= 4 is 26.8 Å². The summed E-state index contributed by atoms with van der Waals surface area (Å²) in [7, 11) is 0. The number of fused-ring (bicyclic) bond motifs is 1. The molecule has 0 amide bonds. The van der Waals surface area contributed by atoms with Crippen LogP contribution in [0.3, 0.4) is 0 Å². The zero-order valence-corrected chi connectivity index (χ0v) is 12.6. The van der Waals surface area contributed by atoms with E-state index in [2.05, 4.69) is 20.9 Å². The molecule has 21 heavy (non-hydrogen) atoms. The van der Waals surface area contributed by atoms with Crippen LogP contribution < -0.4 is 10.5 Å². The second-order valence-electron chi connectivity index (χ2n) is 4.53. The van der Waals surface area contributed by atoms with Crippen molar-refractivity contribution in [3.05, 3.63) is 64.4 Å². The van der Waals surface area contributed by atoms with Gasteiger partial charge >= 0.3 is 0 Å². The number of nitrogens with two attached hydrogens (primary N) is 1. The summed E-state index contributed by atoms with van der Waals surface area (Å²) in [6.07, 6.45) is 0. The summed E-state index contributed by atoms with van der Waals surface area (Å²) in [5.41, 5.74) is 7.33. The van der Waals surface area contributed by atoms with Crippen LogP contribution in [0.15, 0.2) is 53.0 Å². The summed E-state index contributed by atoms with van der Waals surface area (Å²) in [6, 6.07) is 14.2. The molecule has 0 atom stereocenters. The highest BCUT2D eigenvalue weighted by molar-refractivity contribution is 9.10. The summed E-state index contributed by atoms with van der Waals surface area (Å²) in [4.78, 5) is 4.46. The van der Waals surface area contributed by atoms with Gasteiger partial charge in [0.1, 0.15) is 11.6 Å². The first kappa shape index (κ1) is 14.0. The monoisotopic (exact) mass is 346 g/mol. The summed E-state index contributed by atoms with van der Waals surface area (Å²) in [5.74, 6) is 0.397. The fourth-order valence-electron chi connectivity index (χ4n) is 2.03. The Balaban J connectivity index is 2.04. The molecule has 0 unspecified atom stereocenters. The molecule has 0 aliphatic carbocycles. The van der Waals surface area contributed by atoms with Gasteiger partial charge in [0.2, 0.25) is 5.88 Å². The Morgan fingerprint density at radius 3 is 2.71 bits per heavy atom. The molecule has 1 aromatic heterocycles. The van der Waals surface area contributed by atoms with Gasteiger partial charge in [0.25, 0.3) is 0 Å². The Bertz CT molecular complexity index is 807. The second kappa shape index (κ2) is 5.79. The van der Waals surface area contributed by atoms with Crippen LogP contribution in [0.5, 0.6) is 11.6 Å². The number of hydrogen-bond acceptors (Lipinski definition) is 3. The molecule has 3 nitrogen and oxygen atoms in total. The standard InChI is InChI=1S/C16H12BrFN2O/c17-13-6-5-12(8-14(13)18)21-16-11(9-19)7-10-3-1-2-4-15(10)20-16/h1-8H,9,19H2. The van der Waals surface area contributed by atoms with Crippen molar-refractivity contribution in [1.29, 1.82) is 0 Å². The number of ether oxygens (including phenoxy) is 1. The van der Waals surface area contributed by atoms with Gasteiger partial charge in [-0.25, -0.2) is 9.37 Å². The molecule has 0 saturated carbocycles. The van der Waals surface area contributed by atoms with E-state index in [1.807, 2.05) is 30.3 Å². The number of hydrogen-bond donors (Lipinski definition) is 1. The van der Waals surface area contributed by atoms with Gasteiger partial charge in [-0.3, -0.25) is 0 Å². The van der Waals surface area contributed by atoms with E-state index < -0.39 is 0 Å². The molecule has 1 heterocycles. The van der Waals surface area contributed by atoms with Crippen molar-refractivity contribution in [3.63, 3.8) is 0 Å². The van der Waals surface area contributed by atoms with Crippen LogP contribution in [-0.2, 0) is 6.54 Å². The Kier molecular flexibility index (Phi) is 3.86. The van der Waals surface area contributed by atoms with Gasteiger partial charge in [-0.1, -0.05) is 18.2 Å². The topological polar surface area (TPSA) is 48.1 Å². The Morgan fingerprint density at radius 2 is 1.95 bits per heavy atom. The van der Waals surface area contributed by atoms with Crippen molar-refractivity contribution in [2.24, 2.45) is 5.73 Å². The summed E-state index contributed by atoms with van der Waals surface area (Å²) < 4.78 is 19.6. The first-order valence-electron chi connectivity index (χ1n) is 6.39. The van der Waals surface area contributed by atoms with Gasteiger partial charge in [-0.15, -0.1) is 0 Å². The zero-order valence-electron chi connectivity index (χ0n) is 11.0. The third kappa shape index (κ3) is 2.89. The third-order valence-corrected chi connectivity index (χ3v) is 3.73. The highest BCUT2D eigenvalue weighted by Gasteiger charge is 2.09. The predicted octanol–water partition coefficient (Wildman–Crippen LogP) is 4.39. The number of para-hydroxylation sites is 1. The number of rotatable bonds is 3. The summed E-state index contributed by atoms with van der Waals surface area (Å²) >= 11 is 3.11. The molecule has 5 heteroatoms. The van der Waals surface area contributed by atoms with Crippen molar-refractivity contribution in [2.75, 3.05) is 0 Å². The maximum absolute atomic E-state index is 13.5. The quantitative estimate of drug-likeness (QED) is 0.765. The Morgan fingerprint density at radius 1 is 1.14 bits per heavy atom. The largest absolute Gasteiger partial charge is 0.439 e. The van der Waals surface area contributed by atoms with E-state index in [-0.39, 0.29) is 5.82 Å². The molecule has 0 saturated heterocycles. The van der Waals surface area contributed by atoms with Crippen LogP contribution >= 0.6 is 15.9 Å². The minimum absolute atomic E-state index is 0.298. The van der Waals surface area contributed by atoms with E-state index in [4.69, 9.17) is 10.5 Å². The van der Waals surface area contributed by atoms with Crippen LogP contribution in [0.2, 0.25) is 0 Å². The zero-order chi connectivity index (χ0) is 14.8. The van der Waals surface area contributed by atoms with Crippen molar-refractivity contribution in [1.82, 2.24) is 4.98 Å². The van der Waals surface area contributed by atoms with Gasteiger partial charge in [-0.05, 0) is 40.2 Å². The number of benzene rings is 2. The highest BCUT2D eigenvalue weighted by atomic mass is 79.9. The smallest absolute Gasteiger partial charge is 0.224 e. The lowest BCUT2D eigenvalue weighted by atomic mass is 10.1. The molecule has 3 aromatic rings. The molecule has 0 fully saturated rings. The average molecular weight is 347 g/mol. The number of pyridine rings is 1. The molecule has 106 valence electrons. The normalized spacial score (nSPS) is 10.8. The van der Waals surface area contributed by atoms with Gasteiger partial charge in [-0.2, -0.15) is 0 Å². The molecule has 2 aromatic carbocycles. The molecular formula is C16H12BrFN2O. The predicted molar refractivity (Wildman–Crippen MR) is 83.8 cm³/mol. The van der Waals surface area contributed by atoms with Crippen LogP contribution in [0.1, 0.15) is 5.56 Å². The fraction of sp³-hybridized carbons (Fsp3) is 0.0625. The van der Waals surface area contributed by atoms with Crippen LogP contribution in [0, 0.1) is 5.82 Å². The molecule has 3 rings (SSSR count). The third-order valence-electron chi connectivity index (χ3n) is 3.09. The lowest BCUT2D eigenvalue weighted by molar-refractivity contribution is 0.453. The SMILES string of the molecule is NCc1cc2ccccc2nc1Oc1ccc(Br)c(F)c1. The van der Waals surface area contributed by atoms with Gasteiger partial charge < -0.3 is 10.5 Å². The van der Waals surface area contributed by atoms with E-state index in [9.17, 15) is 4.39 Å². The molecule has 0 radical (unpaired) electrons. The molecule has 2 N–H and O–H groups in total. The van der Waals surface area contributed by atoms with Gasteiger partial charge in [0.05, 0.1) is 9.99 Å². The average Bonchev–Trinajstić information content (AvgIpc) is 2.50. The van der Waals surface area contributed by atoms with E-state index in [1.165, 1.54) is 6.07 Å². The minimum Gasteiger partial charge on any atom is -0.439 e. The Hall–Kier alpha value is -1.98. The van der Waals surface area contributed by atoms with E-state index in [0.717, 1.165) is 16.5 Å². The summed E-state index contributed by atoms with van der Waals surface area (Å²) in [6.45, 7) is 0.298. The highest BCUT2D eigenvalue weighted by Crippen LogP contribution is 2.28. The number of halogens is 2. The van der Waals surface area contributed by atoms with Crippen molar-refractivity contribution in [3.8, 4) is 11.6 Å². The lowest BCUT2D eigenvalue weighted by Gasteiger charge is -2.11. The first-order chi connectivity index (χ1) is 10.2. The molecule has 0 aliphatic heterocycles. The number of aromatic nitrogens is 1. The molecule has 0 spiro atoms. The van der Waals surface area contributed by atoms with Gasteiger partial charge in [0.15, 0.2) is 0 Å². The van der Waals surface area contributed by atoms with Crippen LogP contribution in [-0.4, -0.2) is 4.98 Å². The molecule has 0 aliphatic rings. The Labute approximate surface area is 129 Å². The van der Waals surface area contributed by atoms with Crippen LogP contribution in [0.25, 0.3) is 10.9 Å². The second-order valence-corrected chi connectivity index (χ2v) is 5.38. The van der Waals surface area contributed by atoms with Crippen LogP contribution in [0.4, 0.5) is 4.39 Å². The van der Waals surface area contributed by atoms with Crippen molar-refractivity contribution < 1.29 is 9.13 Å².